The minimum absolute atomic E-state index is 0.115. The fourth-order valence-corrected chi connectivity index (χ4v) is 5.19. The van der Waals surface area contributed by atoms with Gasteiger partial charge in [0.15, 0.2) is 11.6 Å². The molecule has 0 radical (unpaired) electrons. The minimum Gasteiger partial charge on any atom is -0.508 e. The number of furan rings is 1. The molecular weight excluding hydrogens is 448 g/mol. The van der Waals surface area contributed by atoms with E-state index in [9.17, 15) is 30.0 Å². The number of hydrogen-bond donors (Lipinski definition) is 4. The number of fused-ring (bicyclic) bond motifs is 3. The number of benzene rings is 2. The summed E-state index contributed by atoms with van der Waals surface area (Å²) in [5.41, 5.74) is 5.13. The summed E-state index contributed by atoms with van der Waals surface area (Å²) in [6, 6.07) is 5.30. The van der Waals surface area contributed by atoms with E-state index in [1.54, 1.807) is 27.7 Å². The Hall–Kier alpha value is -4.52. The van der Waals surface area contributed by atoms with Gasteiger partial charge in [-0.15, -0.1) is 0 Å². The average molecular weight is 470 g/mol. The zero-order chi connectivity index (χ0) is 25.3. The van der Waals surface area contributed by atoms with E-state index in [-0.39, 0.29) is 45.7 Å². The number of hydrogen-bond acceptors (Lipinski definition) is 7. The highest BCUT2D eigenvalue weighted by molar-refractivity contribution is 6.43. The molecule has 2 aliphatic carbocycles. The number of phenolic OH excluding ortho intramolecular Hbond substituents is 4. The maximum atomic E-state index is 13.1. The third-order valence-corrected chi connectivity index (χ3v) is 6.58. The lowest BCUT2D eigenvalue weighted by molar-refractivity contribution is -0.109. The predicted molar refractivity (Wildman–Crippen MR) is 131 cm³/mol. The number of carbonyl (C=O) groups excluding carboxylic acids is 2. The first-order valence-electron chi connectivity index (χ1n) is 10.9. The van der Waals surface area contributed by atoms with Crippen LogP contribution < -0.4 is 10.8 Å². The quantitative estimate of drug-likeness (QED) is 0.452. The predicted octanol–water partition coefficient (Wildman–Crippen LogP) is 3.31. The first-order chi connectivity index (χ1) is 16.5. The van der Waals surface area contributed by atoms with Crippen molar-refractivity contribution in [3.8, 4) is 23.0 Å². The molecule has 0 bridgehead atoms. The Labute approximate surface area is 199 Å². The van der Waals surface area contributed by atoms with E-state index in [0.717, 1.165) is 0 Å². The van der Waals surface area contributed by atoms with Gasteiger partial charge in [-0.3, -0.25) is 9.59 Å². The fraction of sp³-hybridized carbons (Fsp3) is 0.143. The van der Waals surface area contributed by atoms with Gasteiger partial charge in [-0.1, -0.05) is 0 Å². The molecule has 0 spiro atoms. The Balaban J connectivity index is 1.84. The molecule has 3 aromatic rings. The van der Waals surface area contributed by atoms with Crippen LogP contribution in [0.15, 0.2) is 28.7 Å². The van der Waals surface area contributed by atoms with Crippen molar-refractivity contribution in [2.45, 2.75) is 27.7 Å². The number of allylic oxidation sites excluding steroid dienone is 4. The van der Waals surface area contributed by atoms with Gasteiger partial charge in [0.05, 0.1) is 0 Å². The van der Waals surface area contributed by atoms with E-state index < -0.39 is 0 Å². The highest BCUT2D eigenvalue weighted by Gasteiger charge is 2.32. The van der Waals surface area contributed by atoms with Gasteiger partial charge in [0.2, 0.25) is 0 Å². The van der Waals surface area contributed by atoms with Gasteiger partial charge in [-0.2, -0.15) is 0 Å². The number of ketones is 2. The number of phenols is 4. The molecule has 5 rings (SSSR count). The number of aromatic hydroxyl groups is 4. The molecule has 0 atom stereocenters. The van der Waals surface area contributed by atoms with E-state index >= 15 is 0 Å². The van der Waals surface area contributed by atoms with E-state index in [1.165, 1.54) is 36.4 Å². The Kier molecular flexibility index (Phi) is 4.77. The maximum absolute atomic E-state index is 13.1. The highest BCUT2D eigenvalue weighted by Crippen LogP contribution is 2.42. The van der Waals surface area contributed by atoms with Crippen molar-refractivity contribution in [1.29, 1.82) is 0 Å². The Bertz CT molecular complexity index is 1520. The first-order valence-corrected chi connectivity index (χ1v) is 10.9. The lowest BCUT2D eigenvalue weighted by Gasteiger charge is -2.20. The molecule has 176 valence electrons. The minimum atomic E-state index is -0.370. The largest absolute Gasteiger partial charge is 0.508 e. The van der Waals surface area contributed by atoms with Gasteiger partial charge >= 0.3 is 0 Å². The molecule has 2 aromatic carbocycles. The number of Topliss-reactive ketones (excluding diaryl/α,β-unsaturated/α-hetero) is 2. The van der Waals surface area contributed by atoms with Gasteiger partial charge in [-0.05, 0) is 62.1 Å². The molecule has 1 heterocycles. The van der Waals surface area contributed by atoms with Gasteiger partial charge < -0.3 is 24.8 Å². The molecule has 0 amide bonds. The normalized spacial score (nSPS) is 15.1. The van der Waals surface area contributed by atoms with Crippen LogP contribution in [0.25, 0.3) is 34.4 Å². The third-order valence-electron chi connectivity index (χ3n) is 6.58. The van der Waals surface area contributed by atoms with Crippen LogP contribution in [-0.4, -0.2) is 32.0 Å². The first kappa shape index (κ1) is 22.3. The van der Waals surface area contributed by atoms with Gasteiger partial charge in [0.1, 0.15) is 33.8 Å². The van der Waals surface area contributed by atoms with Crippen molar-refractivity contribution in [2.75, 3.05) is 0 Å². The molecule has 7 heteroatoms. The smallest absolute Gasteiger partial charge is 0.190 e. The van der Waals surface area contributed by atoms with Crippen molar-refractivity contribution in [1.82, 2.24) is 0 Å². The van der Waals surface area contributed by atoms with Crippen LogP contribution in [0, 0.1) is 13.8 Å². The van der Waals surface area contributed by atoms with Gasteiger partial charge in [0.25, 0.3) is 0 Å². The van der Waals surface area contributed by atoms with Gasteiger partial charge in [-0.25, -0.2) is 0 Å². The SMILES string of the molecule is CC1=C(c2c(C)cc(O)cc2O)C(=O)C=c2oc3c(c21)C(C)=C(c1c(C)cc(O)cc1O)C(=O)C=3. The number of rotatable bonds is 2. The van der Waals surface area contributed by atoms with Crippen LogP contribution in [0.1, 0.15) is 47.2 Å². The summed E-state index contributed by atoms with van der Waals surface area (Å²) in [5, 5.41) is 40.8. The Morgan fingerprint density at radius 2 is 0.943 bits per heavy atom. The summed E-state index contributed by atoms with van der Waals surface area (Å²) in [7, 11) is 0. The topological polar surface area (TPSA) is 128 Å². The second-order valence-electron chi connectivity index (χ2n) is 8.91. The van der Waals surface area contributed by atoms with Crippen molar-refractivity contribution < 1.29 is 34.4 Å². The van der Waals surface area contributed by atoms with Crippen molar-refractivity contribution in [2.24, 2.45) is 0 Å². The van der Waals surface area contributed by atoms with Gasteiger partial charge in [0, 0.05) is 57.7 Å². The second-order valence-corrected chi connectivity index (χ2v) is 8.91. The van der Waals surface area contributed by atoms with Crippen LogP contribution in [0.2, 0.25) is 0 Å². The summed E-state index contributed by atoms with van der Waals surface area (Å²) in [6.45, 7) is 6.87. The molecule has 0 fully saturated rings. The zero-order valence-corrected chi connectivity index (χ0v) is 19.5. The third kappa shape index (κ3) is 3.19. The molecule has 0 saturated heterocycles. The monoisotopic (exact) mass is 470 g/mol. The highest BCUT2D eigenvalue weighted by atomic mass is 16.3. The Morgan fingerprint density at radius 1 is 0.571 bits per heavy atom. The van der Waals surface area contributed by atoms with Crippen LogP contribution >= 0.6 is 0 Å². The van der Waals surface area contributed by atoms with Crippen LogP contribution in [0.3, 0.4) is 0 Å². The van der Waals surface area contributed by atoms with Crippen molar-refractivity contribution in [3.05, 3.63) is 68.5 Å². The van der Waals surface area contributed by atoms with Crippen molar-refractivity contribution >= 4 is 46.0 Å². The maximum Gasteiger partial charge on any atom is 0.190 e. The number of carbonyl (C=O) groups is 2. The zero-order valence-electron chi connectivity index (χ0n) is 19.5. The number of aryl methyl sites for hydroxylation is 2. The van der Waals surface area contributed by atoms with Crippen molar-refractivity contribution in [3.63, 3.8) is 0 Å². The van der Waals surface area contributed by atoms with E-state index in [1.807, 2.05) is 0 Å². The molecule has 0 aliphatic heterocycles. The fourth-order valence-electron chi connectivity index (χ4n) is 5.19. The molecule has 4 N–H and O–H groups in total. The molecule has 0 saturated carbocycles. The van der Waals surface area contributed by atoms with E-state index in [4.69, 9.17) is 4.42 Å². The summed E-state index contributed by atoms with van der Waals surface area (Å²) in [5.74, 6) is -1.42. The summed E-state index contributed by atoms with van der Waals surface area (Å²) < 4.78 is 5.91. The van der Waals surface area contributed by atoms with Crippen LogP contribution in [0.5, 0.6) is 23.0 Å². The lowest BCUT2D eigenvalue weighted by Crippen LogP contribution is -2.18. The van der Waals surface area contributed by atoms with Crippen LogP contribution in [0.4, 0.5) is 0 Å². The molecule has 2 aliphatic rings. The summed E-state index contributed by atoms with van der Waals surface area (Å²) >= 11 is 0. The second kappa shape index (κ2) is 7.50. The summed E-state index contributed by atoms with van der Waals surface area (Å²) in [4.78, 5) is 26.3. The Morgan fingerprint density at radius 3 is 1.29 bits per heavy atom. The summed E-state index contributed by atoms with van der Waals surface area (Å²) in [6.07, 6.45) is 2.66. The van der Waals surface area contributed by atoms with E-state index in [0.29, 0.717) is 55.4 Å². The molecular formula is C28H22O7. The lowest BCUT2D eigenvalue weighted by atomic mass is 9.81. The average Bonchev–Trinajstić information content (AvgIpc) is 3.09. The van der Waals surface area contributed by atoms with E-state index in [2.05, 4.69) is 0 Å². The standard InChI is InChI=1S/C28H22O7/c1-11-5-15(29)7-17(31)23(11)25-13(3)27-21(9-19(25)33)35-22-10-20(34)26(14(4)28(22)27)24-12(2)6-16(30)8-18(24)32/h5-10,29-32H,1-4H3. The molecule has 7 nitrogen and oxygen atoms in total. The van der Waals surface area contributed by atoms with Crippen LogP contribution in [-0.2, 0) is 9.59 Å². The molecule has 0 unspecified atom stereocenters. The molecule has 1 aromatic heterocycles. The molecule has 35 heavy (non-hydrogen) atoms.